The molecule has 0 radical (unpaired) electrons. The van der Waals surface area contributed by atoms with Crippen LogP contribution < -0.4 is 0 Å². The SMILES string of the molecule is C=CC(=O)CC(C)CC(C)C. The van der Waals surface area contributed by atoms with Crippen molar-refractivity contribution in [1.29, 1.82) is 0 Å². The molecule has 0 saturated heterocycles. The molecule has 1 unspecified atom stereocenters. The van der Waals surface area contributed by atoms with Crippen molar-refractivity contribution < 1.29 is 4.79 Å². The Morgan fingerprint density at radius 1 is 1.45 bits per heavy atom. The molecule has 0 aliphatic carbocycles. The zero-order chi connectivity index (χ0) is 8.85. The fourth-order valence-corrected chi connectivity index (χ4v) is 1.31. The molecule has 0 amide bonds. The van der Waals surface area contributed by atoms with Crippen molar-refractivity contribution in [3.63, 3.8) is 0 Å². The fourth-order valence-electron chi connectivity index (χ4n) is 1.31. The van der Waals surface area contributed by atoms with E-state index in [0.29, 0.717) is 18.3 Å². The van der Waals surface area contributed by atoms with E-state index >= 15 is 0 Å². The average Bonchev–Trinajstić information content (AvgIpc) is 1.85. The Morgan fingerprint density at radius 3 is 2.36 bits per heavy atom. The minimum Gasteiger partial charge on any atom is -0.295 e. The normalized spacial score (nSPS) is 13.1. The van der Waals surface area contributed by atoms with E-state index in [0.717, 1.165) is 6.42 Å². The van der Waals surface area contributed by atoms with Gasteiger partial charge in [0.05, 0.1) is 0 Å². The first-order valence-corrected chi connectivity index (χ1v) is 4.21. The molecule has 64 valence electrons. The van der Waals surface area contributed by atoms with Gasteiger partial charge in [-0.2, -0.15) is 0 Å². The third-order valence-corrected chi connectivity index (χ3v) is 1.65. The smallest absolute Gasteiger partial charge is 0.155 e. The lowest BCUT2D eigenvalue weighted by molar-refractivity contribution is -0.115. The minimum absolute atomic E-state index is 0.165. The second-order valence-corrected chi connectivity index (χ2v) is 3.61. The first kappa shape index (κ1) is 10.4. The Hall–Kier alpha value is -0.590. The van der Waals surface area contributed by atoms with Crippen LogP contribution in [0.15, 0.2) is 12.7 Å². The Bertz CT molecular complexity index is 136. The summed E-state index contributed by atoms with van der Waals surface area (Å²) >= 11 is 0. The summed E-state index contributed by atoms with van der Waals surface area (Å²) < 4.78 is 0. The van der Waals surface area contributed by atoms with E-state index in [1.54, 1.807) is 0 Å². The Labute approximate surface area is 69.5 Å². The summed E-state index contributed by atoms with van der Waals surface area (Å²) in [7, 11) is 0. The van der Waals surface area contributed by atoms with Crippen molar-refractivity contribution in [3.05, 3.63) is 12.7 Å². The van der Waals surface area contributed by atoms with Gasteiger partial charge in [0.25, 0.3) is 0 Å². The molecule has 0 aromatic rings. The molecule has 0 fully saturated rings. The summed E-state index contributed by atoms with van der Waals surface area (Å²) in [5, 5.41) is 0. The predicted octanol–water partition coefficient (Wildman–Crippen LogP) is 2.81. The maximum absolute atomic E-state index is 10.9. The van der Waals surface area contributed by atoms with Crippen LogP contribution in [-0.2, 0) is 4.79 Å². The van der Waals surface area contributed by atoms with Crippen LogP contribution in [0, 0.1) is 11.8 Å². The molecule has 0 heterocycles. The summed E-state index contributed by atoms with van der Waals surface area (Å²) in [4.78, 5) is 10.9. The molecule has 11 heavy (non-hydrogen) atoms. The molecule has 0 aromatic heterocycles. The molecule has 0 rings (SSSR count). The molecule has 1 atom stereocenters. The Balaban J connectivity index is 3.59. The number of hydrogen-bond donors (Lipinski definition) is 0. The van der Waals surface area contributed by atoms with Gasteiger partial charge in [0.15, 0.2) is 5.78 Å². The van der Waals surface area contributed by atoms with Gasteiger partial charge in [0.2, 0.25) is 0 Å². The molecular weight excluding hydrogens is 136 g/mol. The van der Waals surface area contributed by atoms with Crippen LogP contribution in [0.3, 0.4) is 0 Å². The van der Waals surface area contributed by atoms with Crippen molar-refractivity contribution in [2.45, 2.75) is 33.6 Å². The second-order valence-electron chi connectivity index (χ2n) is 3.61. The minimum atomic E-state index is 0.165. The average molecular weight is 154 g/mol. The maximum atomic E-state index is 10.9. The van der Waals surface area contributed by atoms with Crippen molar-refractivity contribution in [1.82, 2.24) is 0 Å². The number of allylic oxidation sites excluding steroid dienone is 1. The van der Waals surface area contributed by atoms with Crippen molar-refractivity contribution in [2.24, 2.45) is 11.8 Å². The van der Waals surface area contributed by atoms with Crippen molar-refractivity contribution >= 4 is 5.78 Å². The summed E-state index contributed by atoms with van der Waals surface area (Å²) in [6, 6.07) is 0. The largest absolute Gasteiger partial charge is 0.295 e. The maximum Gasteiger partial charge on any atom is 0.155 e. The van der Waals surface area contributed by atoms with Gasteiger partial charge in [-0.25, -0.2) is 0 Å². The first-order valence-electron chi connectivity index (χ1n) is 4.21. The van der Waals surface area contributed by atoms with Gasteiger partial charge in [0, 0.05) is 6.42 Å². The lowest BCUT2D eigenvalue weighted by atomic mass is 9.94. The number of hydrogen-bond acceptors (Lipinski definition) is 1. The second kappa shape index (κ2) is 5.11. The molecule has 1 heteroatoms. The van der Waals surface area contributed by atoms with Crippen LogP contribution in [0.1, 0.15) is 33.6 Å². The van der Waals surface area contributed by atoms with Gasteiger partial charge < -0.3 is 0 Å². The van der Waals surface area contributed by atoms with Gasteiger partial charge in [-0.3, -0.25) is 4.79 Å². The van der Waals surface area contributed by atoms with Crippen LogP contribution in [0.4, 0.5) is 0 Å². The third-order valence-electron chi connectivity index (χ3n) is 1.65. The van der Waals surface area contributed by atoms with Crippen molar-refractivity contribution in [3.8, 4) is 0 Å². The van der Waals surface area contributed by atoms with E-state index in [1.807, 2.05) is 0 Å². The van der Waals surface area contributed by atoms with Crippen LogP contribution in [0.2, 0.25) is 0 Å². The number of carbonyl (C=O) groups is 1. The van der Waals surface area contributed by atoms with E-state index in [1.165, 1.54) is 6.08 Å². The van der Waals surface area contributed by atoms with Gasteiger partial charge in [-0.05, 0) is 24.3 Å². The third kappa shape index (κ3) is 5.84. The summed E-state index contributed by atoms with van der Waals surface area (Å²) in [6.07, 6.45) is 3.19. The molecule has 1 nitrogen and oxygen atoms in total. The van der Waals surface area contributed by atoms with Gasteiger partial charge >= 0.3 is 0 Å². The monoisotopic (exact) mass is 154 g/mol. The number of carbonyl (C=O) groups excluding carboxylic acids is 1. The predicted molar refractivity (Wildman–Crippen MR) is 48.4 cm³/mol. The highest BCUT2D eigenvalue weighted by atomic mass is 16.1. The van der Waals surface area contributed by atoms with Crippen LogP contribution in [0.5, 0.6) is 0 Å². The fraction of sp³-hybridized carbons (Fsp3) is 0.700. The number of ketones is 1. The van der Waals surface area contributed by atoms with E-state index < -0.39 is 0 Å². The zero-order valence-electron chi connectivity index (χ0n) is 7.76. The molecule has 0 N–H and O–H groups in total. The van der Waals surface area contributed by atoms with E-state index in [4.69, 9.17) is 0 Å². The van der Waals surface area contributed by atoms with E-state index in [2.05, 4.69) is 27.4 Å². The number of rotatable bonds is 5. The highest BCUT2D eigenvalue weighted by Crippen LogP contribution is 2.14. The van der Waals surface area contributed by atoms with E-state index in [9.17, 15) is 4.79 Å². The molecule has 0 spiro atoms. The molecule has 0 aliphatic rings. The molecule has 0 saturated carbocycles. The highest BCUT2D eigenvalue weighted by Gasteiger charge is 2.07. The molecule has 0 aliphatic heterocycles. The van der Waals surface area contributed by atoms with Gasteiger partial charge in [-0.1, -0.05) is 27.4 Å². The Kier molecular flexibility index (Phi) is 4.84. The lowest BCUT2D eigenvalue weighted by Crippen LogP contribution is -2.05. The van der Waals surface area contributed by atoms with Crippen LogP contribution in [-0.4, -0.2) is 5.78 Å². The van der Waals surface area contributed by atoms with E-state index in [-0.39, 0.29) is 5.78 Å². The standard InChI is InChI=1S/C10H18O/c1-5-10(11)7-9(4)6-8(2)3/h5,8-9H,1,6-7H2,2-4H3. The molecular formula is C10H18O. The summed E-state index contributed by atoms with van der Waals surface area (Å²) in [5.74, 6) is 1.35. The highest BCUT2D eigenvalue weighted by molar-refractivity contribution is 5.89. The summed E-state index contributed by atoms with van der Waals surface area (Å²) in [5.41, 5.74) is 0. The molecule has 0 bridgehead atoms. The Morgan fingerprint density at radius 2 is 2.00 bits per heavy atom. The quantitative estimate of drug-likeness (QED) is 0.556. The van der Waals surface area contributed by atoms with Crippen molar-refractivity contribution in [2.75, 3.05) is 0 Å². The topological polar surface area (TPSA) is 17.1 Å². The zero-order valence-corrected chi connectivity index (χ0v) is 7.76. The van der Waals surface area contributed by atoms with Crippen LogP contribution in [0.25, 0.3) is 0 Å². The lowest BCUT2D eigenvalue weighted by Gasteiger charge is -2.11. The van der Waals surface area contributed by atoms with Gasteiger partial charge in [-0.15, -0.1) is 0 Å². The van der Waals surface area contributed by atoms with Gasteiger partial charge in [0.1, 0.15) is 0 Å². The summed E-state index contributed by atoms with van der Waals surface area (Å²) in [6.45, 7) is 9.91. The van der Waals surface area contributed by atoms with Crippen LogP contribution >= 0.6 is 0 Å². The first-order chi connectivity index (χ1) is 5.06. The molecule has 0 aromatic carbocycles.